The zero-order valence-corrected chi connectivity index (χ0v) is 14.8. The SMILES string of the molecule is COc1cccc(NC(=O)Cc2csc(Nc3cc(C)ccn3)n2)c1. The Morgan fingerprint density at radius 3 is 2.96 bits per heavy atom. The van der Waals surface area contributed by atoms with E-state index in [-0.39, 0.29) is 12.3 Å². The molecule has 1 aromatic carbocycles. The Labute approximate surface area is 149 Å². The summed E-state index contributed by atoms with van der Waals surface area (Å²) in [4.78, 5) is 20.8. The zero-order valence-electron chi connectivity index (χ0n) is 13.9. The number of ether oxygens (including phenoxy) is 1. The number of benzene rings is 1. The summed E-state index contributed by atoms with van der Waals surface area (Å²) < 4.78 is 5.15. The maximum atomic E-state index is 12.2. The summed E-state index contributed by atoms with van der Waals surface area (Å²) in [5.74, 6) is 1.31. The van der Waals surface area contributed by atoms with E-state index in [0.717, 1.165) is 11.4 Å². The van der Waals surface area contributed by atoms with Crippen LogP contribution in [0.25, 0.3) is 0 Å². The second-order valence-corrected chi connectivity index (χ2v) is 6.30. The van der Waals surface area contributed by atoms with Gasteiger partial charge in [-0.25, -0.2) is 9.97 Å². The lowest BCUT2D eigenvalue weighted by molar-refractivity contribution is -0.115. The third-order valence-electron chi connectivity index (χ3n) is 3.40. The average molecular weight is 354 g/mol. The Hall–Kier alpha value is -2.93. The molecule has 25 heavy (non-hydrogen) atoms. The highest BCUT2D eigenvalue weighted by atomic mass is 32.1. The number of hydrogen-bond donors (Lipinski definition) is 2. The number of rotatable bonds is 6. The molecule has 3 rings (SSSR count). The maximum Gasteiger partial charge on any atom is 0.230 e. The monoisotopic (exact) mass is 354 g/mol. The number of carbonyl (C=O) groups is 1. The molecule has 7 heteroatoms. The molecule has 0 saturated carbocycles. The molecular weight excluding hydrogens is 336 g/mol. The van der Waals surface area contributed by atoms with Crippen LogP contribution in [0.4, 0.5) is 16.6 Å². The van der Waals surface area contributed by atoms with Crippen LogP contribution in [0.1, 0.15) is 11.3 Å². The number of methoxy groups -OCH3 is 1. The summed E-state index contributed by atoms with van der Waals surface area (Å²) in [5, 5.41) is 8.57. The third-order valence-corrected chi connectivity index (χ3v) is 4.20. The van der Waals surface area contributed by atoms with Crippen LogP contribution < -0.4 is 15.4 Å². The molecule has 0 saturated heterocycles. The summed E-state index contributed by atoms with van der Waals surface area (Å²) in [6.45, 7) is 2.00. The standard InChI is InChI=1S/C18H18N4O2S/c1-12-6-7-19-16(8-12)22-18-21-14(11-25-18)10-17(23)20-13-4-3-5-15(9-13)24-2/h3-9,11H,10H2,1-2H3,(H,20,23)(H,19,21,22). The number of pyridine rings is 1. The molecule has 2 N–H and O–H groups in total. The molecule has 0 spiro atoms. The van der Waals surface area contributed by atoms with Gasteiger partial charge >= 0.3 is 0 Å². The minimum Gasteiger partial charge on any atom is -0.497 e. The predicted molar refractivity (Wildman–Crippen MR) is 99.7 cm³/mol. The molecule has 2 heterocycles. The van der Waals surface area contributed by atoms with Crippen molar-refractivity contribution in [2.24, 2.45) is 0 Å². The second-order valence-electron chi connectivity index (χ2n) is 5.44. The van der Waals surface area contributed by atoms with Gasteiger partial charge in [-0.15, -0.1) is 11.3 Å². The number of hydrogen-bond acceptors (Lipinski definition) is 6. The highest BCUT2D eigenvalue weighted by Crippen LogP contribution is 2.21. The lowest BCUT2D eigenvalue weighted by Gasteiger charge is -2.06. The summed E-state index contributed by atoms with van der Waals surface area (Å²) in [6, 6.07) is 11.1. The van der Waals surface area contributed by atoms with Gasteiger partial charge in [0.15, 0.2) is 5.13 Å². The molecule has 0 atom stereocenters. The van der Waals surface area contributed by atoms with Gasteiger partial charge in [-0.3, -0.25) is 4.79 Å². The molecule has 0 aliphatic carbocycles. The summed E-state index contributed by atoms with van der Waals surface area (Å²) in [7, 11) is 1.59. The largest absolute Gasteiger partial charge is 0.497 e. The Morgan fingerprint density at radius 1 is 1.28 bits per heavy atom. The first-order valence-electron chi connectivity index (χ1n) is 7.70. The van der Waals surface area contributed by atoms with Crippen LogP contribution >= 0.6 is 11.3 Å². The van der Waals surface area contributed by atoms with Crippen molar-refractivity contribution in [2.45, 2.75) is 13.3 Å². The number of nitrogens with one attached hydrogen (secondary N) is 2. The number of carbonyl (C=O) groups excluding carboxylic acids is 1. The quantitative estimate of drug-likeness (QED) is 0.704. The third kappa shape index (κ3) is 4.77. The van der Waals surface area contributed by atoms with Gasteiger partial charge in [-0.05, 0) is 36.8 Å². The van der Waals surface area contributed by atoms with E-state index in [1.807, 2.05) is 42.6 Å². The van der Waals surface area contributed by atoms with Crippen molar-refractivity contribution < 1.29 is 9.53 Å². The molecule has 0 fully saturated rings. The van der Waals surface area contributed by atoms with Gasteiger partial charge in [0.05, 0.1) is 19.2 Å². The van der Waals surface area contributed by atoms with Crippen molar-refractivity contribution in [1.29, 1.82) is 0 Å². The molecule has 0 aliphatic heterocycles. The average Bonchev–Trinajstić information content (AvgIpc) is 3.01. The number of nitrogens with zero attached hydrogens (tertiary/aromatic N) is 2. The lowest BCUT2D eigenvalue weighted by Crippen LogP contribution is -2.14. The minimum atomic E-state index is -0.126. The van der Waals surface area contributed by atoms with Gasteiger partial charge in [-0.2, -0.15) is 0 Å². The maximum absolute atomic E-state index is 12.2. The topological polar surface area (TPSA) is 76.1 Å². The van der Waals surface area contributed by atoms with Gasteiger partial charge < -0.3 is 15.4 Å². The smallest absolute Gasteiger partial charge is 0.230 e. The number of aromatic nitrogens is 2. The fraction of sp³-hybridized carbons (Fsp3) is 0.167. The van der Waals surface area contributed by atoms with E-state index < -0.39 is 0 Å². The van der Waals surface area contributed by atoms with Crippen LogP contribution in [0.5, 0.6) is 5.75 Å². The Bertz CT molecular complexity index is 879. The summed E-state index contributed by atoms with van der Waals surface area (Å²) >= 11 is 1.44. The van der Waals surface area contributed by atoms with Gasteiger partial charge in [0.1, 0.15) is 11.6 Å². The van der Waals surface area contributed by atoms with E-state index in [1.54, 1.807) is 19.4 Å². The molecule has 6 nitrogen and oxygen atoms in total. The first kappa shape index (κ1) is 16.9. The van der Waals surface area contributed by atoms with Crippen LogP contribution in [-0.4, -0.2) is 23.0 Å². The van der Waals surface area contributed by atoms with Crippen molar-refractivity contribution in [3.05, 3.63) is 59.2 Å². The minimum absolute atomic E-state index is 0.126. The molecule has 0 aliphatic rings. The second kappa shape index (κ2) is 7.76. The van der Waals surface area contributed by atoms with Crippen molar-refractivity contribution in [2.75, 3.05) is 17.7 Å². The van der Waals surface area contributed by atoms with Crippen LogP contribution in [0.2, 0.25) is 0 Å². The van der Waals surface area contributed by atoms with Crippen LogP contribution in [-0.2, 0) is 11.2 Å². The number of anilines is 3. The van der Waals surface area contributed by atoms with Crippen LogP contribution in [0.15, 0.2) is 48.0 Å². The normalized spacial score (nSPS) is 10.3. The lowest BCUT2D eigenvalue weighted by atomic mass is 10.2. The fourth-order valence-electron chi connectivity index (χ4n) is 2.23. The Kier molecular flexibility index (Phi) is 5.25. The molecule has 0 bridgehead atoms. The van der Waals surface area contributed by atoms with E-state index in [0.29, 0.717) is 22.3 Å². The molecule has 2 aromatic heterocycles. The number of aryl methyl sites for hydroxylation is 1. The zero-order chi connectivity index (χ0) is 17.6. The number of amides is 1. The van der Waals surface area contributed by atoms with Crippen molar-refractivity contribution in [3.8, 4) is 5.75 Å². The Balaban J connectivity index is 1.59. The van der Waals surface area contributed by atoms with Crippen LogP contribution in [0.3, 0.4) is 0 Å². The van der Waals surface area contributed by atoms with Crippen LogP contribution in [0, 0.1) is 6.92 Å². The van der Waals surface area contributed by atoms with Gasteiger partial charge in [0.2, 0.25) is 5.91 Å². The van der Waals surface area contributed by atoms with Gasteiger partial charge in [0.25, 0.3) is 0 Å². The fourth-order valence-corrected chi connectivity index (χ4v) is 2.95. The Morgan fingerprint density at radius 2 is 2.16 bits per heavy atom. The van der Waals surface area contributed by atoms with Gasteiger partial charge in [-0.1, -0.05) is 6.07 Å². The van der Waals surface area contributed by atoms with Crippen molar-refractivity contribution >= 4 is 33.9 Å². The van der Waals surface area contributed by atoms with Gasteiger partial charge in [0, 0.05) is 23.3 Å². The first-order valence-corrected chi connectivity index (χ1v) is 8.58. The van der Waals surface area contributed by atoms with E-state index in [4.69, 9.17) is 4.74 Å². The highest BCUT2D eigenvalue weighted by molar-refractivity contribution is 7.13. The number of thiazole rings is 1. The van der Waals surface area contributed by atoms with Crippen molar-refractivity contribution in [3.63, 3.8) is 0 Å². The van der Waals surface area contributed by atoms with E-state index in [2.05, 4.69) is 20.6 Å². The van der Waals surface area contributed by atoms with E-state index in [1.165, 1.54) is 11.3 Å². The van der Waals surface area contributed by atoms with E-state index >= 15 is 0 Å². The van der Waals surface area contributed by atoms with Crippen molar-refractivity contribution in [1.82, 2.24) is 9.97 Å². The predicted octanol–water partition coefficient (Wildman–Crippen LogP) is 3.78. The molecule has 1 amide bonds. The first-order chi connectivity index (χ1) is 12.1. The highest BCUT2D eigenvalue weighted by Gasteiger charge is 2.09. The molecule has 0 unspecified atom stereocenters. The summed E-state index contributed by atoms with van der Waals surface area (Å²) in [5.41, 5.74) is 2.52. The molecule has 128 valence electrons. The molecular formula is C18H18N4O2S. The van der Waals surface area contributed by atoms with E-state index in [9.17, 15) is 4.79 Å². The summed E-state index contributed by atoms with van der Waals surface area (Å²) in [6.07, 6.45) is 1.95. The molecule has 3 aromatic rings. The molecule has 0 radical (unpaired) electrons.